The minimum atomic E-state index is -0.495. The molecule has 8 heteroatoms. The van der Waals surface area contributed by atoms with Crippen molar-refractivity contribution in [2.45, 2.75) is 57.2 Å². The summed E-state index contributed by atoms with van der Waals surface area (Å²) in [5.41, 5.74) is 0.750. The van der Waals surface area contributed by atoms with E-state index in [0.29, 0.717) is 11.7 Å². The van der Waals surface area contributed by atoms with Gasteiger partial charge in [-0.25, -0.2) is 9.37 Å². The van der Waals surface area contributed by atoms with Crippen LogP contribution in [0.3, 0.4) is 0 Å². The third kappa shape index (κ3) is 3.96. The molecule has 0 saturated carbocycles. The number of nitrogens with one attached hydrogen (secondary N) is 2. The molecule has 7 nitrogen and oxygen atoms in total. The first-order valence-electron chi connectivity index (χ1n) is 9.92. The predicted molar refractivity (Wildman–Crippen MR) is 109 cm³/mol. The second-order valence-electron chi connectivity index (χ2n) is 8.44. The summed E-state index contributed by atoms with van der Waals surface area (Å²) in [6.45, 7) is 5.64. The molecule has 0 bridgehead atoms. The van der Waals surface area contributed by atoms with Crippen molar-refractivity contribution in [1.82, 2.24) is 14.9 Å². The number of phenols is 1. The van der Waals surface area contributed by atoms with E-state index in [2.05, 4.69) is 39.3 Å². The molecule has 3 N–H and O–H groups in total. The van der Waals surface area contributed by atoms with Crippen molar-refractivity contribution < 1.29 is 9.50 Å². The van der Waals surface area contributed by atoms with Gasteiger partial charge in [-0.05, 0) is 64.3 Å². The summed E-state index contributed by atoms with van der Waals surface area (Å²) in [6.07, 6.45) is 5.42. The van der Waals surface area contributed by atoms with Crippen molar-refractivity contribution in [3.05, 3.63) is 35.8 Å². The molecule has 152 valence electrons. The summed E-state index contributed by atoms with van der Waals surface area (Å²) < 4.78 is 14.4. The molecule has 0 aliphatic carbocycles. The topological polar surface area (TPSA) is 97.1 Å². The predicted octanol–water partition coefficient (Wildman–Crippen LogP) is 3.75. The van der Waals surface area contributed by atoms with Gasteiger partial charge in [-0.15, -0.1) is 0 Å². The molecule has 3 heterocycles. The lowest BCUT2D eigenvalue weighted by Crippen LogP contribution is -2.55. The van der Waals surface area contributed by atoms with E-state index in [1.807, 2.05) is 6.07 Å². The first kappa shape index (κ1) is 19.4. The number of aromatic nitrogens is 2. The number of halogens is 1. The largest absolute Gasteiger partial charge is 0.507 e. The fourth-order valence-corrected chi connectivity index (χ4v) is 4.67. The van der Waals surface area contributed by atoms with Gasteiger partial charge in [0.25, 0.3) is 0 Å². The van der Waals surface area contributed by atoms with Gasteiger partial charge in [-0.2, -0.15) is 10.2 Å². The number of piperidine rings is 1. The standard InChI is InChI=1S/C21H25FN6O/c1-21(2)10-15(9-16-4-3-7-28(16)21)25-19-17(22)12-24-20(27-19)26-14-5-6-18(29)13(8-14)11-23/h5-6,8,12,15-16,29H,3-4,7,9-10H2,1-2H3,(H2,24,25,26,27)/t15-,16+/m1/s1. The summed E-state index contributed by atoms with van der Waals surface area (Å²) >= 11 is 0. The molecule has 0 unspecified atom stereocenters. The van der Waals surface area contributed by atoms with E-state index < -0.39 is 5.82 Å². The van der Waals surface area contributed by atoms with Gasteiger partial charge in [0.2, 0.25) is 5.95 Å². The number of hydrogen-bond donors (Lipinski definition) is 3. The number of aromatic hydroxyl groups is 1. The monoisotopic (exact) mass is 396 g/mol. The molecule has 2 saturated heterocycles. The zero-order valence-electron chi connectivity index (χ0n) is 16.6. The Labute approximate surface area is 169 Å². The highest BCUT2D eigenvalue weighted by Crippen LogP contribution is 2.38. The van der Waals surface area contributed by atoms with Crippen LogP contribution in [-0.4, -0.2) is 44.1 Å². The lowest BCUT2D eigenvalue weighted by Gasteiger charge is -2.47. The summed E-state index contributed by atoms with van der Waals surface area (Å²) in [5.74, 6) is -0.193. The summed E-state index contributed by atoms with van der Waals surface area (Å²) in [5, 5.41) is 24.9. The van der Waals surface area contributed by atoms with Gasteiger partial charge < -0.3 is 15.7 Å². The Morgan fingerprint density at radius 1 is 1.38 bits per heavy atom. The van der Waals surface area contributed by atoms with E-state index in [9.17, 15) is 9.50 Å². The van der Waals surface area contributed by atoms with Gasteiger partial charge in [0, 0.05) is 23.3 Å². The molecule has 2 aromatic rings. The first-order valence-corrected chi connectivity index (χ1v) is 9.92. The van der Waals surface area contributed by atoms with E-state index in [1.54, 1.807) is 6.07 Å². The zero-order valence-corrected chi connectivity index (χ0v) is 16.6. The fourth-order valence-electron chi connectivity index (χ4n) is 4.67. The van der Waals surface area contributed by atoms with Gasteiger partial charge in [0.05, 0.1) is 11.8 Å². The van der Waals surface area contributed by atoms with Crippen LogP contribution in [0.15, 0.2) is 24.4 Å². The normalized spacial score (nSPS) is 23.2. The van der Waals surface area contributed by atoms with Crippen molar-refractivity contribution in [1.29, 1.82) is 5.26 Å². The minimum absolute atomic E-state index is 0.0708. The Balaban J connectivity index is 1.51. The molecule has 2 atom stereocenters. The number of hydrogen-bond acceptors (Lipinski definition) is 7. The lowest BCUT2D eigenvalue weighted by atomic mass is 9.84. The van der Waals surface area contributed by atoms with Gasteiger partial charge in [0.15, 0.2) is 11.6 Å². The Morgan fingerprint density at radius 2 is 2.21 bits per heavy atom. The average molecular weight is 396 g/mol. The fraction of sp³-hybridized carbons (Fsp3) is 0.476. The first-order chi connectivity index (χ1) is 13.9. The van der Waals surface area contributed by atoms with Gasteiger partial charge in [-0.1, -0.05) is 0 Å². The number of anilines is 3. The zero-order chi connectivity index (χ0) is 20.6. The van der Waals surface area contributed by atoms with Gasteiger partial charge in [-0.3, -0.25) is 4.90 Å². The van der Waals surface area contributed by atoms with Crippen LogP contribution in [0.25, 0.3) is 0 Å². The molecule has 0 radical (unpaired) electrons. The van der Waals surface area contributed by atoms with Crippen molar-refractivity contribution in [2.24, 2.45) is 0 Å². The number of benzene rings is 1. The quantitative estimate of drug-likeness (QED) is 0.677. The van der Waals surface area contributed by atoms with Crippen LogP contribution in [-0.2, 0) is 0 Å². The summed E-state index contributed by atoms with van der Waals surface area (Å²) in [4.78, 5) is 10.9. The number of phenolic OH excluding ortho intramolecular Hbond substituents is 1. The minimum Gasteiger partial charge on any atom is -0.507 e. The van der Waals surface area contributed by atoms with Crippen LogP contribution in [0.4, 0.5) is 21.8 Å². The maximum atomic E-state index is 14.4. The van der Waals surface area contributed by atoms with Crippen LogP contribution in [0.5, 0.6) is 5.75 Å². The second kappa shape index (κ2) is 7.48. The van der Waals surface area contributed by atoms with E-state index in [4.69, 9.17) is 5.26 Å². The number of nitriles is 1. The molecule has 29 heavy (non-hydrogen) atoms. The summed E-state index contributed by atoms with van der Waals surface area (Å²) in [7, 11) is 0. The van der Waals surface area contributed by atoms with E-state index in [1.165, 1.54) is 25.0 Å². The number of nitrogens with zero attached hydrogens (tertiary/aromatic N) is 4. The van der Waals surface area contributed by atoms with Crippen LogP contribution in [0, 0.1) is 17.1 Å². The molecule has 0 amide bonds. The van der Waals surface area contributed by atoms with E-state index >= 15 is 0 Å². The van der Waals surface area contributed by atoms with Crippen molar-refractivity contribution in [3.63, 3.8) is 0 Å². The Morgan fingerprint density at radius 3 is 3.00 bits per heavy atom. The third-order valence-electron chi connectivity index (χ3n) is 5.92. The molecule has 4 rings (SSSR count). The van der Waals surface area contributed by atoms with E-state index in [0.717, 1.165) is 25.6 Å². The van der Waals surface area contributed by atoms with Gasteiger partial charge in [0.1, 0.15) is 11.8 Å². The van der Waals surface area contributed by atoms with Gasteiger partial charge >= 0.3 is 0 Å². The molecule has 1 aromatic carbocycles. The van der Waals surface area contributed by atoms with Crippen LogP contribution in [0.2, 0.25) is 0 Å². The molecule has 2 aliphatic rings. The van der Waals surface area contributed by atoms with Crippen molar-refractivity contribution in [3.8, 4) is 11.8 Å². The second-order valence-corrected chi connectivity index (χ2v) is 8.44. The highest BCUT2D eigenvalue weighted by atomic mass is 19.1. The maximum Gasteiger partial charge on any atom is 0.229 e. The maximum absolute atomic E-state index is 14.4. The smallest absolute Gasteiger partial charge is 0.229 e. The Bertz CT molecular complexity index is 957. The van der Waals surface area contributed by atoms with Crippen molar-refractivity contribution >= 4 is 17.5 Å². The Hall–Kier alpha value is -2.92. The SMILES string of the molecule is CC1(C)C[C@H](Nc2nc(Nc3ccc(O)c(C#N)c3)ncc2F)C[C@@H]2CCCN21. The van der Waals surface area contributed by atoms with Crippen molar-refractivity contribution in [2.75, 3.05) is 17.2 Å². The molecule has 2 fully saturated rings. The summed E-state index contributed by atoms with van der Waals surface area (Å²) in [6, 6.07) is 7.10. The highest BCUT2D eigenvalue weighted by Gasteiger charge is 2.43. The lowest BCUT2D eigenvalue weighted by molar-refractivity contribution is 0.0500. The van der Waals surface area contributed by atoms with Crippen LogP contribution in [0.1, 0.15) is 45.1 Å². The molecule has 2 aliphatic heterocycles. The van der Waals surface area contributed by atoms with E-state index in [-0.39, 0.29) is 34.7 Å². The Kier molecular flexibility index (Phi) is 5.01. The third-order valence-corrected chi connectivity index (χ3v) is 5.92. The number of rotatable bonds is 4. The average Bonchev–Trinajstić information content (AvgIpc) is 3.15. The number of fused-ring (bicyclic) bond motifs is 1. The molecule has 1 aromatic heterocycles. The molecular formula is C21H25FN6O. The van der Waals surface area contributed by atoms with Crippen LogP contribution < -0.4 is 10.6 Å². The highest BCUT2D eigenvalue weighted by molar-refractivity contribution is 5.60. The molecular weight excluding hydrogens is 371 g/mol. The molecule has 0 spiro atoms. The van der Waals surface area contributed by atoms with Crippen LogP contribution >= 0.6 is 0 Å².